The number of rotatable bonds is 0. The molecule has 0 saturated carbocycles. The third kappa shape index (κ3) is 8.16. The molecule has 0 fully saturated rings. The van der Waals surface area contributed by atoms with E-state index in [1.165, 1.54) is 5.56 Å². The molecular weight excluding hydrogens is 342 g/mol. The van der Waals surface area contributed by atoms with Gasteiger partial charge in [-0.05, 0) is 28.9 Å². The average Bonchev–Trinajstić information content (AvgIpc) is 2.98. The fourth-order valence-electron chi connectivity index (χ4n) is 2.24. The van der Waals surface area contributed by atoms with Crippen LogP contribution in [0.4, 0.5) is 6.18 Å². The number of benzene rings is 1. The molecule has 0 saturated heterocycles. The normalized spacial score (nSPS) is 10.9. The first-order valence-electron chi connectivity index (χ1n) is 7.92. The van der Waals surface area contributed by atoms with Gasteiger partial charge in [-0.25, -0.2) is 12.1 Å². The zero-order chi connectivity index (χ0) is 19.0. The van der Waals surface area contributed by atoms with Crippen LogP contribution in [0.2, 0.25) is 0 Å². The summed E-state index contributed by atoms with van der Waals surface area (Å²) in [6.45, 7) is 14.9. The molecule has 0 amide bonds. The summed E-state index contributed by atoms with van der Waals surface area (Å²) in [6, 6.07) is 14.2. The Hall–Kier alpha value is -1.06. The molecule has 0 unspecified atom stereocenters. The molecule has 1 nitrogen and oxygen atoms in total. The molecular formula is C20H29F2OTi-. The van der Waals surface area contributed by atoms with E-state index in [9.17, 15) is 11.3 Å². The maximum Gasteiger partial charge on any atom is -0.172 e. The monoisotopic (exact) mass is 371 g/mol. The molecule has 2 aromatic rings. The van der Waals surface area contributed by atoms with Gasteiger partial charge in [0.15, 0.2) is 0 Å². The Morgan fingerprint density at radius 3 is 1.42 bits per heavy atom. The van der Waals surface area contributed by atoms with Crippen LogP contribution in [-0.4, -0.2) is 5.11 Å². The number of phenolic OH excluding ortho intramolecular Hbond substituents is 1. The van der Waals surface area contributed by atoms with Gasteiger partial charge in [0.1, 0.15) is 5.75 Å². The second-order valence-electron chi connectivity index (χ2n) is 7.74. The number of phenols is 1. The van der Waals surface area contributed by atoms with Crippen molar-refractivity contribution in [3.8, 4) is 5.75 Å². The van der Waals surface area contributed by atoms with E-state index in [1.807, 2.05) is 30.3 Å². The van der Waals surface area contributed by atoms with Gasteiger partial charge in [0.05, 0.1) is 0 Å². The maximum atomic E-state index is 10.4. The molecule has 1 N–H and O–H groups in total. The van der Waals surface area contributed by atoms with Gasteiger partial charge in [0.25, 0.3) is 0 Å². The zero-order valence-electron chi connectivity index (χ0n) is 15.7. The Labute approximate surface area is 155 Å². The molecule has 0 aliphatic carbocycles. The summed E-state index contributed by atoms with van der Waals surface area (Å²) in [5.41, 5.74) is 3.26. The summed E-state index contributed by atoms with van der Waals surface area (Å²) >= 11 is -2.50. The van der Waals surface area contributed by atoms with Gasteiger partial charge in [-0.3, -0.25) is 0 Å². The summed E-state index contributed by atoms with van der Waals surface area (Å²) in [5, 5.41) is 10.4. The molecule has 4 heteroatoms. The first-order valence-corrected chi connectivity index (χ1v) is 9.10. The fourth-order valence-corrected chi connectivity index (χ4v) is 2.24. The first kappa shape index (κ1) is 22.9. The van der Waals surface area contributed by atoms with E-state index in [0.29, 0.717) is 5.75 Å². The van der Waals surface area contributed by atoms with Crippen molar-refractivity contribution in [2.75, 3.05) is 0 Å². The van der Waals surface area contributed by atoms with E-state index in [1.54, 1.807) is 0 Å². The molecule has 24 heavy (non-hydrogen) atoms. The van der Waals surface area contributed by atoms with Crippen molar-refractivity contribution in [3.05, 3.63) is 59.2 Å². The van der Waals surface area contributed by atoms with Crippen LogP contribution in [0.3, 0.4) is 0 Å². The summed E-state index contributed by atoms with van der Waals surface area (Å²) in [5.74, 6) is 0.464. The maximum absolute atomic E-state index is 10.4. The van der Waals surface area contributed by atoms with Gasteiger partial charge >= 0.3 is 26.4 Å². The molecule has 134 valence electrons. The molecule has 0 radical (unpaired) electrons. The van der Waals surface area contributed by atoms with E-state index in [0.717, 1.165) is 11.1 Å². The predicted octanol–water partition coefficient (Wildman–Crippen LogP) is 6.54. The van der Waals surface area contributed by atoms with Crippen LogP contribution in [-0.2, 0) is 31.1 Å². The van der Waals surface area contributed by atoms with E-state index in [-0.39, 0.29) is 10.8 Å². The van der Waals surface area contributed by atoms with Gasteiger partial charge in [-0.15, -0.1) is 0 Å². The molecule has 0 bridgehead atoms. The summed E-state index contributed by atoms with van der Waals surface area (Å²) < 4.78 is 19.5. The largest absolute Gasteiger partial charge is 0.214 e. The van der Waals surface area contributed by atoms with Crippen molar-refractivity contribution in [2.45, 2.75) is 59.3 Å². The fraction of sp³-hybridized carbons (Fsp3) is 0.450. The van der Waals surface area contributed by atoms with E-state index < -0.39 is 20.2 Å². The number of halogens is 2. The Morgan fingerprint density at radius 2 is 1.21 bits per heavy atom. The second-order valence-corrected chi connectivity index (χ2v) is 7.97. The minimum Gasteiger partial charge on any atom is -0.214 e. The number of hydrogen-bond acceptors (Lipinski definition) is 1. The van der Waals surface area contributed by atoms with Gasteiger partial charge in [0.2, 0.25) is 0 Å². The quantitative estimate of drug-likeness (QED) is 0.412. The van der Waals surface area contributed by atoms with Crippen molar-refractivity contribution in [2.24, 2.45) is 0 Å². The van der Waals surface area contributed by atoms with Crippen LogP contribution >= 0.6 is 0 Å². The molecule has 0 aromatic heterocycles. The van der Waals surface area contributed by atoms with Crippen molar-refractivity contribution < 1.29 is 31.5 Å². The minimum atomic E-state index is -2.50. The van der Waals surface area contributed by atoms with Crippen LogP contribution in [0.25, 0.3) is 0 Å². The van der Waals surface area contributed by atoms with Crippen molar-refractivity contribution in [1.29, 1.82) is 0 Å². The minimum absolute atomic E-state index is 0.0178. The molecule has 0 spiro atoms. The predicted molar refractivity (Wildman–Crippen MR) is 94.5 cm³/mol. The molecule has 2 rings (SSSR count). The Bertz CT molecular complexity index is 526. The van der Waals surface area contributed by atoms with Crippen LogP contribution in [0, 0.1) is 6.92 Å². The standard InChI is InChI=1S/C15H24O.C5H5.2FH.Ti/c1-10-8-11(14(2,3)4)13(16)12(9-10)15(5,6)7;1-2-4-5-3-1;;;/h8-9,16H,1-7H3;1-5H;2*1H;/q;-1;;;+2/p-2. The van der Waals surface area contributed by atoms with Crippen LogP contribution in [0.15, 0.2) is 42.5 Å². The average molecular weight is 371 g/mol. The third-order valence-corrected chi connectivity index (χ3v) is 3.43. The van der Waals surface area contributed by atoms with Gasteiger partial charge in [-0.2, -0.15) is 18.2 Å². The Kier molecular flexibility index (Phi) is 9.61. The first-order chi connectivity index (χ1) is 10.9. The molecule has 0 aliphatic rings. The topological polar surface area (TPSA) is 20.2 Å². The zero-order valence-corrected chi connectivity index (χ0v) is 17.3. The Morgan fingerprint density at radius 1 is 0.875 bits per heavy atom. The summed E-state index contributed by atoms with van der Waals surface area (Å²) in [6.07, 6.45) is 0. The number of aryl methyl sites for hydroxylation is 1. The number of hydrogen-bond donors (Lipinski definition) is 1. The SMILES string of the molecule is Cc1cc(C(C)(C)C)c(O)c(C(C)(C)C)c1.[F][Ti][F].c1cc[cH-]c1. The second kappa shape index (κ2) is 10.1. The van der Waals surface area contributed by atoms with E-state index in [2.05, 4.69) is 60.6 Å². The van der Waals surface area contributed by atoms with Crippen molar-refractivity contribution in [3.63, 3.8) is 0 Å². The van der Waals surface area contributed by atoms with Crippen LogP contribution in [0.1, 0.15) is 58.2 Å². The Balaban J connectivity index is 0.000000542. The third-order valence-electron chi connectivity index (χ3n) is 3.43. The van der Waals surface area contributed by atoms with Crippen LogP contribution in [0.5, 0.6) is 5.75 Å². The molecule has 0 aliphatic heterocycles. The molecule has 0 heterocycles. The smallest absolute Gasteiger partial charge is 0.172 e. The van der Waals surface area contributed by atoms with Gasteiger partial charge in [-0.1, -0.05) is 59.2 Å². The number of aromatic hydroxyl groups is 1. The van der Waals surface area contributed by atoms with E-state index in [4.69, 9.17) is 0 Å². The molecule has 2 aromatic carbocycles. The van der Waals surface area contributed by atoms with Gasteiger partial charge < -0.3 is 5.11 Å². The summed E-state index contributed by atoms with van der Waals surface area (Å²) in [4.78, 5) is 0. The summed E-state index contributed by atoms with van der Waals surface area (Å²) in [7, 11) is 0. The van der Waals surface area contributed by atoms with Gasteiger partial charge in [0, 0.05) is 0 Å². The van der Waals surface area contributed by atoms with Crippen LogP contribution < -0.4 is 0 Å². The van der Waals surface area contributed by atoms with Crippen molar-refractivity contribution >= 4 is 0 Å². The van der Waals surface area contributed by atoms with E-state index >= 15 is 0 Å². The molecule has 0 atom stereocenters. The van der Waals surface area contributed by atoms with Crippen molar-refractivity contribution in [1.82, 2.24) is 0 Å².